The van der Waals surface area contributed by atoms with Crippen molar-refractivity contribution in [1.29, 1.82) is 0 Å². The van der Waals surface area contributed by atoms with E-state index in [2.05, 4.69) is 10.3 Å². The highest BCUT2D eigenvalue weighted by Gasteiger charge is 2.46. The number of hydrogen-bond donors (Lipinski definition) is 2. The molecule has 1 aromatic heterocycles. The van der Waals surface area contributed by atoms with Gasteiger partial charge in [-0.3, -0.25) is 14.6 Å². The van der Waals surface area contributed by atoms with E-state index in [1.165, 1.54) is 0 Å². The van der Waals surface area contributed by atoms with Crippen LogP contribution < -0.4 is 10.6 Å². The Morgan fingerprint density at radius 2 is 1.61 bits per heavy atom. The lowest BCUT2D eigenvalue weighted by molar-refractivity contribution is -0.171. The highest BCUT2D eigenvalue weighted by molar-refractivity contribution is 6.01. The number of nitrogens with zero attached hydrogens (tertiary/aromatic N) is 1. The van der Waals surface area contributed by atoms with Gasteiger partial charge in [0.1, 0.15) is 12.0 Å². The van der Waals surface area contributed by atoms with Gasteiger partial charge in [0.15, 0.2) is 0 Å². The van der Waals surface area contributed by atoms with Crippen molar-refractivity contribution in [2.24, 2.45) is 5.92 Å². The van der Waals surface area contributed by atoms with E-state index in [1.807, 2.05) is 78.1 Å². The number of halogens is 3. The molecule has 0 spiro atoms. The summed E-state index contributed by atoms with van der Waals surface area (Å²) in [6.07, 6.45) is -3.32. The summed E-state index contributed by atoms with van der Waals surface area (Å²) in [7, 11) is 0. The van der Waals surface area contributed by atoms with Crippen molar-refractivity contribution in [3.8, 4) is 11.3 Å². The summed E-state index contributed by atoms with van der Waals surface area (Å²) in [4.78, 5) is 29.5. The van der Waals surface area contributed by atoms with Gasteiger partial charge in [-0.1, -0.05) is 60.7 Å². The maximum Gasteiger partial charge on any atom is 0.408 e. The number of amides is 2. The predicted molar refractivity (Wildman–Crippen MR) is 117 cm³/mol. The van der Waals surface area contributed by atoms with E-state index in [9.17, 15) is 22.8 Å². The van der Waals surface area contributed by atoms with Crippen LogP contribution in [0.3, 0.4) is 0 Å². The Hall–Kier alpha value is -3.68. The zero-order chi connectivity index (χ0) is 23.4. The fourth-order valence-corrected chi connectivity index (χ4v) is 3.93. The highest BCUT2D eigenvalue weighted by atomic mass is 19.4. The number of piperidine rings is 1. The lowest BCUT2D eigenvalue weighted by atomic mass is 9.91. The van der Waals surface area contributed by atoms with Crippen LogP contribution in [-0.4, -0.2) is 29.0 Å². The molecule has 33 heavy (non-hydrogen) atoms. The molecule has 2 N–H and O–H groups in total. The van der Waals surface area contributed by atoms with Crippen molar-refractivity contribution in [1.82, 2.24) is 15.6 Å². The van der Waals surface area contributed by atoms with Gasteiger partial charge in [-0.2, -0.15) is 13.2 Å². The summed E-state index contributed by atoms with van der Waals surface area (Å²) >= 11 is 0. The number of carbonyl (C=O) groups excluding carboxylic acids is 2. The monoisotopic (exact) mass is 453 g/mol. The Morgan fingerprint density at radius 1 is 0.939 bits per heavy atom. The van der Waals surface area contributed by atoms with Crippen LogP contribution in [0.2, 0.25) is 0 Å². The van der Waals surface area contributed by atoms with Crippen molar-refractivity contribution in [2.75, 3.05) is 0 Å². The molecule has 2 aromatic carbocycles. The van der Waals surface area contributed by atoms with Gasteiger partial charge in [-0.05, 0) is 36.1 Å². The molecule has 1 aliphatic heterocycles. The quantitative estimate of drug-likeness (QED) is 0.562. The molecule has 4 rings (SSSR count). The van der Waals surface area contributed by atoms with Gasteiger partial charge in [-0.25, -0.2) is 0 Å². The number of nitrogens with one attached hydrogen (secondary N) is 2. The Morgan fingerprint density at radius 3 is 2.21 bits per heavy atom. The molecular weight excluding hydrogens is 431 g/mol. The summed E-state index contributed by atoms with van der Waals surface area (Å²) < 4.78 is 38.8. The standard InChI is InChI=1S/C25H22F3N3O2/c26-25(27,28)21-14-13-19(23(32)30-21)24(33)31-22(17-6-2-1-3-7-17)18-11-9-16(10-12-18)20-8-4-5-15-29-20/h1-12,15,19,21-22H,13-14H2,(H,30,32)(H,31,33). The molecule has 0 radical (unpaired) electrons. The van der Waals surface area contributed by atoms with Crippen LogP contribution in [-0.2, 0) is 9.59 Å². The van der Waals surface area contributed by atoms with Crippen LogP contribution in [0.4, 0.5) is 13.2 Å². The number of pyridine rings is 1. The minimum absolute atomic E-state index is 0.165. The van der Waals surface area contributed by atoms with E-state index in [-0.39, 0.29) is 12.8 Å². The number of benzene rings is 2. The second kappa shape index (κ2) is 9.44. The minimum Gasteiger partial charge on any atom is -0.344 e. The first kappa shape index (κ1) is 22.5. The van der Waals surface area contributed by atoms with Gasteiger partial charge in [0.25, 0.3) is 0 Å². The van der Waals surface area contributed by atoms with Crippen molar-refractivity contribution in [3.63, 3.8) is 0 Å². The van der Waals surface area contributed by atoms with Gasteiger partial charge in [0.05, 0.1) is 11.7 Å². The average Bonchev–Trinajstić information content (AvgIpc) is 2.83. The van der Waals surface area contributed by atoms with Gasteiger partial charge in [0, 0.05) is 11.8 Å². The first-order chi connectivity index (χ1) is 15.8. The minimum atomic E-state index is -4.53. The smallest absolute Gasteiger partial charge is 0.344 e. The largest absolute Gasteiger partial charge is 0.408 e. The molecule has 5 nitrogen and oxygen atoms in total. The number of carbonyl (C=O) groups is 2. The molecule has 3 aromatic rings. The number of aromatic nitrogens is 1. The zero-order valence-electron chi connectivity index (χ0n) is 17.5. The number of alkyl halides is 3. The first-order valence-electron chi connectivity index (χ1n) is 10.6. The van der Waals surface area contributed by atoms with Gasteiger partial charge in [-0.15, -0.1) is 0 Å². The number of hydrogen-bond acceptors (Lipinski definition) is 3. The average molecular weight is 453 g/mol. The van der Waals surface area contributed by atoms with Crippen LogP contribution in [0, 0.1) is 5.92 Å². The SMILES string of the molecule is O=C(NC(c1ccccc1)c1ccc(-c2ccccn2)cc1)C1CCC(C(F)(F)F)NC1=O. The van der Waals surface area contributed by atoms with Crippen LogP contribution in [0.1, 0.15) is 30.0 Å². The Balaban J connectivity index is 1.55. The van der Waals surface area contributed by atoms with E-state index in [4.69, 9.17) is 0 Å². The van der Waals surface area contributed by atoms with Crippen LogP contribution in [0.25, 0.3) is 11.3 Å². The molecule has 1 aliphatic rings. The molecule has 2 amide bonds. The molecule has 1 saturated heterocycles. The van der Waals surface area contributed by atoms with Crippen molar-refractivity contribution in [3.05, 3.63) is 90.1 Å². The Kier molecular flexibility index (Phi) is 6.44. The molecule has 3 atom stereocenters. The molecule has 3 unspecified atom stereocenters. The normalized spacial score (nSPS) is 19.4. The first-order valence-corrected chi connectivity index (χ1v) is 10.6. The van der Waals surface area contributed by atoms with E-state index in [0.717, 1.165) is 22.4 Å². The third-order valence-electron chi connectivity index (χ3n) is 5.71. The Bertz CT molecular complexity index is 1100. The molecule has 0 saturated carbocycles. The van der Waals surface area contributed by atoms with E-state index >= 15 is 0 Å². The highest BCUT2D eigenvalue weighted by Crippen LogP contribution is 2.30. The van der Waals surface area contributed by atoms with Crippen LogP contribution in [0.5, 0.6) is 0 Å². The van der Waals surface area contributed by atoms with Gasteiger partial charge in [0.2, 0.25) is 11.8 Å². The third kappa shape index (κ3) is 5.22. The molecular formula is C25H22F3N3O2. The van der Waals surface area contributed by atoms with Gasteiger partial charge >= 0.3 is 6.18 Å². The Labute approximate surface area is 189 Å². The zero-order valence-corrected chi connectivity index (χ0v) is 17.5. The molecule has 0 bridgehead atoms. The second-order valence-corrected chi connectivity index (χ2v) is 7.92. The molecule has 2 heterocycles. The summed E-state index contributed by atoms with van der Waals surface area (Å²) in [6.45, 7) is 0. The van der Waals surface area contributed by atoms with Crippen molar-refractivity contribution >= 4 is 11.8 Å². The van der Waals surface area contributed by atoms with Crippen molar-refractivity contribution in [2.45, 2.75) is 31.1 Å². The lowest BCUT2D eigenvalue weighted by Gasteiger charge is -2.31. The maximum atomic E-state index is 12.9. The fraction of sp³-hybridized carbons (Fsp3) is 0.240. The summed E-state index contributed by atoms with van der Waals surface area (Å²) in [5, 5.41) is 4.80. The lowest BCUT2D eigenvalue weighted by Crippen LogP contribution is -2.54. The van der Waals surface area contributed by atoms with Crippen molar-refractivity contribution < 1.29 is 22.8 Å². The molecule has 1 fully saturated rings. The fourth-order valence-electron chi connectivity index (χ4n) is 3.93. The van der Waals surface area contributed by atoms with E-state index < -0.39 is 36.0 Å². The van der Waals surface area contributed by atoms with E-state index in [1.54, 1.807) is 6.20 Å². The van der Waals surface area contributed by atoms with Gasteiger partial charge < -0.3 is 10.6 Å². The molecule has 170 valence electrons. The summed E-state index contributed by atoms with van der Waals surface area (Å²) in [6, 6.07) is 19.8. The summed E-state index contributed by atoms with van der Waals surface area (Å²) in [5.74, 6) is -2.68. The molecule has 8 heteroatoms. The predicted octanol–water partition coefficient (Wildman–Crippen LogP) is 4.41. The topological polar surface area (TPSA) is 71.1 Å². The molecule has 0 aliphatic carbocycles. The summed E-state index contributed by atoms with van der Waals surface area (Å²) in [5.41, 5.74) is 3.28. The van der Waals surface area contributed by atoms with E-state index in [0.29, 0.717) is 0 Å². The second-order valence-electron chi connectivity index (χ2n) is 7.92. The van der Waals surface area contributed by atoms with Crippen LogP contribution >= 0.6 is 0 Å². The van der Waals surface area contributed by atoms with Crippen LogP contribution in [0.15, 0.2) is 79.0 Å². The maximum absolute atomic E-state index is 12.9. The number of rotatable bonds is 5. The third-order valence-corrected chi connectivity index (χ3v) is 5.71.